The number of imidazole rings is 1. The van der Waals surface area contributed by atoms with Gasteiger partial charge in [0.25, 0.3) is 0 Å². The fourth-order valence-electron chi connectivity index (χ4n) is 2.69. The number of carbonyl (C=O) groups excluding carboxylic acids is 1. The van der Waals surface area contributed by atoms with E-state index in [4.69, 9.17) is 0 Å². The first kappa shape index (κ1) is 13.6. The standard InChI is InChI=1S/C15H18N4O2/c20-15(17-13-6-2-1-3-7-13)18-10-14(16-11-18)12-5-4-8-19(21)9-12/h4-5,8-11,13H,1-3,6-7H2,(H,17,20). The van der Waals surface area contributed by atoms with Crippen LogP contribution in [0.25, 0.3) is 11.3 Å². The van der Waals surface area contributed by atoms with Gasteiger partial charge < -0.3 is 10.5 Å². The molecule has 0 aromatic carbocycles. The molecule has 0 radical (unpaired) electrons. The first-order chi connectivity index (χ1) is 10.2. The van der Waals surface area contributed by atoms with E-state index in [2.05, 4.69) is 10.3 Å². The number of carbonyl (C=O) groups is 1. The van der Waals surface area contributed by atoms with Crippen LogP contribution in [-0.2, 0) is 0 Å². The molecule has 1 amide bonds. The van der Waals surface area contributed by atoms with Gasteiger partial charge in [-0.15, -0.1) is 0 Å². The fraction of sp³-hybridized carbons (Fsp3) is 0.400. The molecule has 3 rings (SSSR count). The Morgan fingerprint density at radius 3 is 2.95 bits per heavy atom. The van der Waals surface area contributed by atoms with Gasteiger partial charge in [0.2, 0.25) is 0 Å². The second kappa shape index (κ2) is 5.95. The number of aromatic nitrogens is 3. The molecule has 0 unspecified atom stereocenters. The van der Waals surface area contributed by atoms with E-state index >= 15 is 0 Å². The van der Waals surface area contributed by atoms with Crippen molar-refractivity contribution < 1.29 is 9.52 Å². The van der Waals surface area contributed by atoms with Crippen molar-refractivity contribution in [3.05, 3.63) is 42.3 Å². The Hall–Kier alpha value is -2.37. The van der Waals surface area contributed by atoms with E-state index in [0.29, 0.717) is 11.3 Å². The lowest BCUT2D eigenvalue weighted by Crippen LogP contribution is -2.38. The summed E-state index contributed by atoms with van der Waals surface area (Å²) in [6.45, 7) is 0. The van der Waals surface area contributed by atoms with Crippen LogP contribution >= 0.6 is 0 Å². The van der Waals surface area contributed by atoms with Gasteiger partial charge in [0, 0.05) is 18.3 Å². The number of rotatable bonds is 2. The third kappa shape index (κ3) is 3.21. The van der Waals surface area contributed by atoms with Gasteiger partial charge in [-0.3, -0.25) is 4.57 Å². The molecule has 1 saturated carbocycles. The summed E-state index contributed by atoms with van der Waals surface area (Å²) in [5.74, 6) is 0. The van der Waals surface area contributed by atoms with Gasteiger partial charge in [-0.1, -0.05) is 19.3 Å². The van der Waals surface area contributed by atoms with E-state index in [1.54, 1.807) is 18.3 Å². The molecule has 110 valence electrons. The number of hydrogen-bond acceptors (Lipinski definition) is 3. The highest BCUT2D eigenvalue weighted by Crippen LogP contribution is 2.18. The highest BCUT2D eigenvalue weighted by molar-refractivity contribution is 5.78. The normalized spacial score (nSPS) is 15.8. The molecule has 2 aromatic rings. The van der Waals surface area contributed by atoms with Crippen LogP contribution < -0.4 is 10.0 Å². The van der Waals surface area contributed by atoms with Crippen molar-refractivity contribution in [2.45, 2.75) is 38.1 Å². The van der Waals surface area contributed by atoms with E-state index in [9.17, 15) is 10.0 Å². The van der Waals surface area contributed by atoms with Gasteiger partial charge in [-0.25, -0.2) is 9.78 Å². The highest BCUT2D eigenvalue weighted by Gasteiger charge is 2.17. The van der Waals surface area contributed by atoms with E-state index < -0.39 is 0 Å². The Balaban J connectivity index is 1.70. The van der Waals surface area contributed by atoms with Crippen molar-refractivity contribution in [1.29, 1.82) is 0 Å². The summed E-state index contributed by atoms with van der Waals surface area (Å²) in [6, 6.07) is 3.55. The fourth-order valence-corrected chi connectivity index (χ4v) is 2.69. The molecule has 1 aliphatic carbocycles. The van der Waals surface area contributed by atoms with Crippen LogP contribution in [-0.4, -0.2) is 21.6 Å². The van der Waals surface area contributed by atoms with Crippen LogP contribution in [0.15, 0.2) is 37.1 Å². The van der Waals surface area contributed by atoms with Crippen LogP contribution in [0.4, 0.5) is 4.79 Å². The van der Waals surface area contributed by atoms with Gasteiger partial charge in [0.05, 0.1) is 11.3 Å². The van der Waals surface area contributed by atoms with Crippen LogP contribution in [0.5, 0.6) is 0 Å². The lowest BCUT2D eigenvalue weighted by atomic mass is 9.96. The van der Waals surface area contributed by atoms with E-state index in [-0.39, 0.29) is 12.1 Å². The topological polar surface area (TPSA) is 73.9 Å². The molecular weight excluding hydrogens is 268 g/mol. The Kier molecular flexibility index (Phi) is 3.85. The zero-order valence-corrected chi connectivity index (χ0v) is 11.7. The predicted octanol–water partition coefficient (Wildman–Crippen LogP) is 2.07. The monoisotopic (exact) mass is 286 g/mol. The molecule has 1 aliphatic rings. The van der Waals surface area contributed by atoms with Crippen LogP contribution in [0, 0.1) is 5.21 Å². The van der Waals surface area contributed by atoms with Crippen LogP contribution in [0.2, 0.25) is 0 Å². The number of nitrogens with zero attached hydrogens (tertiary/aromatic N) is 3. The SMILES string of the molecule is O=C(NC1CCCCC1)n1cnc(-c2ccc[n+]([O-])c2)c1. The highest BCUT2D eigenvalue weighted by atomic mass is 16.5. The summed E-state index contributed by atoms with van der Waals surface area (Å²) in [5, 5.41) is 14.3. The van der Waals surface area contributed by atoms with Gasteiger partial charge in [0.15, 0.2) is 12.4 Å². The number of hydrogen-bond donors (Lipinski definition) is 1. The van der Waals surface area contributed by atoms with Crippen molar-refractivity contribution in [3.63, 3.8) is 0 Å². The quantitative estimate of drug-likeness (QED) is 0.678. The zero-order chi connectivity index (χ0) is 14.7. The van der Waals surface area contributed by atoms with Crippen molar-refractivity contribution in [3.8, 4) is 11.3 Å². The third-order valence-electron chi connectivity index (χ3n) is 3.82. The molecule has 0 spiro atoms. The van der Waals surface area contributed by atoms with Crippen molar-refractivity contribution >= 4 is 6.03 Å². The first-order valence-electron chi connectivity index (χ1n) is 7.26. The molecule has 2 aromatic heterocycles. The third-order valence-corrected chi connectivity index (χ3v) is 3.82. The summed E-state index contributed by atoms with van der Waals surface area (Å²) in [5.41, 5.74) is 1.30. The maximum atomic E-state index is 12.2. The van der Waals surface area contributed by atoms with Crippen molar-refractivity contribution in [2.24, 2.45) is 0 Å². The van der Waals surface area contributed by atoms with E-state index in [1.807, 2.05) is 0 Å². The molecule has 6 nitrogen and oxygen atoms in total. The average molecular weight is 286 g/mol. The van der Waals surface area contributed by atoms with E-state index in [1.165, 1.54) is 42.6 Å². The maximum absolute atomic E-state index is 12.2. The molecule has 21 heavy (non-hydrogen) atoms. The van der Waals surface area contributed by atoms with Gasteiger partial charge >= 0.3 is 6.03 Å². The zero-order valence-electron chi connectivity index (χ0n) is 11.7. The molecule has 2 heterocycles. The summed E-state index contributed by atoms with van der Waals surface area (Å²) in [6.07, 6.45) is 11.7. The van der Waals surface area contributed by atoms with Crippen LogP contribution in [0.3, 0.4) is 0 Å². The maximum Gasteiger partial charge on any atom is 0.327 e. The van der Waals surface area contributed by atoms with Gasteiger partial charge in [-0.05, 0) is 18.9 Å². The Labute approximate surface area is 123 Å². The molecule has 0 aliphatic heterocycles. The van der Waals surface area contributed by atoms with Gasteiger partial charge in [-0.2, -0.15) is 4.73 Å². The lowest BCUT2D eigenvalue weighted by Gasteiger charge is -2.22. The molecule has 1 fully saturated rings. The summed E-state index contributed by atoms with van der Waals surface area (Å²) in [7, 11) is 0. The number of amides is 1. The number of pyridine rings is 1. The lowest BCUT2D eigenvalue weighted by molar-refractivity contribution is -0.604. The smallest absolute Gasteiger partial charge is 0.327 e. The summed E-state index contributed by atoms with van der Waals surface area (Å²) < 4.78 is 2.16. The second-order valence-corrected chi connectivity index (χ2v) is 5.40. The summed E-state index contributed by atoms with van der Waals surface area (Å²) >= 11 is 0. The molecule has 1 N–H and O–H groups in total. The predicted molar refractivity (Wildman–Crippen MR) is 77.4 cm³/mol. The first-order valence-corrected chi connectivity index (χ1v) is 7.26. The minimum Gasteiger partial charge on any atom is -0.619 e. The minimum absolute atomic E-state index is 0.161. The van der Waals surface area contributed by atoms with E-state index in [0.717, 1.165) is 17.6 Å². The molecule has 6 heteroatoms. The summed E-state index contributed by atoms with van der Waals surface area (Å²) in [4.78, 5) is 16.4. The molecule has 0 atom stereocenters. The Bertz CT molecular complexity index is 632. The minimum atomic E-state index is -0.161. The number of nitrogens with one attached hydrogen (secondary N) is 1. The molecule has 0 saturated heterocycles. The largest absolute Gasteiger partial charge is 0.619 e. The average Bonchev–Trinajstić information content (AvgIpc) is 2.98. The van der Waals surface area contributed by atoms with Gasteiger partial charge in [0.1, 0.15) is 6.33 Å². The molecular formula is C15H18N4O2. The second-order valence-electron chi connectivity index (χ2n) is 5.40. The Morgan fingerprint density at radius 2 is 2.19 bits per heavy atom. The van der Waals surface area contributed by atoms with Crippen LogP contribution in [0.1, 0.15) is 32.1 Å². The van der Waals surface area contributed by atoms with Crippen molar-refractivity contribution in [2.75, 3.05) is 0 Å². The molecule has 0 bridgehead atoms. The Morgan fingerprint density at radius 1 is 1.38 bits per heavy atom. The van der Waals surface area contributed by atoms with Crippen molar-refractivity contribution in [1.82, 2.24) is 14.9 Å².